The quantitative estimate of drug-likeness (QED) is 0.826. The zero-order valence-electron chi connectivity index (χ0n) is 9.38. The Balaban J connectivity index is 1.98. The minimum Gasteiger partial charge on any atom is -0.366 e. The average molecular weight is 248 g/mol. The van der Waals surface area contributed by atoms with Gasteiger partial charge in [-0.05, 0) is 18.1 Å². The maximum Gasteiger partial charge on any atom is 0.129 e. The highest BCUT2D eigenvalue weighted by atomic mass is 35.5. The Morgan fingerprint density at radius 1 is 1.18 bits per heavy atom. The van der Waals surface area contributed by atoms with Crippen LogP contribution in [-0.4, -0.2) is 21.9 Å². The molecule has 4 heteroatoms. The van der Waals surface area contributed by atoms with Crippen LogP contribution in [0.25, 0.3) is 0 Å². The van der Waals surface area contributed by atoms with Crippen molar-refractivity contribution < 1.29 is 0 Å². The molecular formula is C13H14ClN3. The Bertz CT molecular complexity index is 391. The van der Waals surface area contributed by atoms with Crippen molar-refractivity contribution in [2.75, 3.05) is 11.2 Å². The summed E-state index contributed by atoms with van der Waals surface area (Å²) in [5, 5.41) is 3.29. The van der Waals surface area contributed by atoms with Crippen LogP contribution in [0.15, 0.2) is 48.9 Å². The van der Waals surface area contributed by atoms with E-state index < -0.39 is 0 Å². The first kappa shape index (κ1) is 11.9. The maximum absolute atomic E-state index is 5.96. The van der Waals surface area contributed by atoms with Crippen molar-refractivity contribution in [1.29, 1.82) is 0 Å². The molecule has 17 heavy (non-hydrogen) atoms. The lowest BCUT2D eigenvalue weighted by atomic mass is 10.1. The predicted molar refractivity (Wildman–Crippen MR) is 70.3 cm³/mol. The summed E-state index contributed by atoms with van der Waals surface area (Å²) in [4.78, 5) is 8.01. The first-order valence-electron chi connectivity index (χ1n) is 5.51. The van der Waals surface area contributed by atoms with Gasteiger partial charge in [-0.2, -0.15) is 0 Å². The van der Waals surface area contributed by atoms with Gasteiger partial charge in [0.05, 0.1) is 0 Å². The van der Waals surface area contributed by atoms with Crippen LogP contribution in [0.5, 0.6) is 0 Å². The fourth-order valence-corrected chi connectivity index (χ4v) is 1.81. The van der Waals surface area contributed by atoms with E-state index in [1.165, 1.54) is 11.9 Å². The summed E-state index contributed by atoms with van der Waals surface area (Å²) in [5.74, 6) is 1.35. The summed E-state index contributed by atoms with van der Waals surface area (Å²) < 4.78 is 0. The number of halogens is 1. The molecular weight excluding hydrogens is 234 g/mol. The zero-order valence-corrected chi connectivity index (χ0v) is 10.1. The van der Waals surface area contributed by atoms with E-state index in [-0.39, 0.29) is 6.04 Å². The topological polar surface area (TPSA) is 37.8 Å². The summed E-state index contributed by atoms with van der Waals surface area (Å²) in [6.45, 7) is 0. The third-order valence-electron chi connectivity index (χ3n) is 2.45. The van der Waals surface area contributed by atoms with Gasteiger partial charge in [0.1, 0.15) is 12.1 Å². The highest BCUT2D eigenvalue weighted by molar-refractivity contribution is 6.18. The van der Waals surface area contributed by atoms with Crippen molar-refractivity contribution in [2.24, 2.45) is 0 Å². The molecule has 1 aromatic carbocycles. The van der Waals surface area contributed by atoms with Crippen LogP contribution in [0.4, 0.5) is 5.82 Å². The molecule has 0 aliphatic rings. The SMILES string of the molecule is ClCC(Cc1ccccc1)Nc1ccncn1. The van der Waals surface area contributed by atoms with E-state index in [2.05, 4.69) is 27.4 Å². The Labute approximate surface area is 106 Å². The van der Waals surface area contributed by atoms with E-state index in [0.29, 0.717) is 5.88 Å². The predicted octanol–water partition coefficient (Wildman–Crippen LogP) is 2.74. The largest absolute Gasteiger partial charge is 0.366 e. The molecule has 0 amide bonds. The van der Waals surface area contributed by atoms with Gasteiger partial charge >= 0.3 is 0 Å². The highest BCUT2D eigenvalue weighted by Crippen LogP contribution is 2.09. The second kappa shape index (κ2) is 6.21. The van der Waals surface area contributed by atoms with Crippen molar-refractivity contribution in [3.63, 3.8) is 0 Å². The molecule has 1 heterocycles. The van der Waals surface area contributed by atoms with Gasteiger partial charge in [0, 0.05) is 18.1 Å². The molecule has 0 saturated heterocycles. The first-order chi connectivity index (χ1) is 8.38. The normalized spacial score (nSPS) is 12.1. The third kappa shape index (κ3) is 3.71. The molecule has 1 aromatic heterocycles. The maximum atomic E-state index is 5.96. The Hall–Kier alpha value is -1.61. The minimum atomic E-state index is 0.175. The molecule has 1 atom stereocenters. The van der Waals surface area contributed by atoms with Gasteiger partial charge in [-0.3, -0.25) is 0 Å². The number of nitrogens with one attached hydrogen (secondary N) is 1. The standard InChI is InChI=1S/C13H14ClN3/c14-9-12(8-11-4-2-1-3-5-11)17-13-6-7-15-10-16-13/h1-7,10,12H,8-9H2,(H,15,16,17). The number of hydrogen-bond donors (Lipinski definition) is 1. The highest BCUT2D eigenvalue weighted by Gasteiger charge is 2.08. The second-order valence-electron chi connectivity index (χ2n) is 3.78. The fourth-order valence-electron chi connectivity index (χ4n) is 1.63. The molecule has 0 bridgehead atoms. The molecule has 0 aliphatic carbocycles. The molecule has 0 aliphatic heterocycles. The van der Waals surface area contributed by atoms with Crippen LogP contribution in [0, 0.1) is 0 Å². The molecule has 3 nitrogen and oxygen atoms in total. The lowest BCUT2D eigenvalue weighted by molar-refractivity contribution is 0.790. The molecule has 88 valence electrons. The first-order valence-corrected chi connectivity index (χ1v) is 6.04. The summed E-state index contributed by atoms with van der Waals surface area (Å²) in [6, 6.07) is 12.3. The van der Waals surface area contributed by atoms with Gasteiger partial charge in [-0.25, -0.2) is 9.97 Å². The Morgan fingerprint density at radius 3 is 2.65 bits per heavy atom. The molecule has 1 N–H and O–H groups in total. The van der Waals surface area contributed by atoms with E-state index in [0.717, 1.165) is 12.2 Å². The number of benzene rings is 1. The van der Waals surface area contributed by atoms with Crippen LogP contribution in [0.2, 0.25) is 0 Å². The number of nitrogens with zero attached hydrogens (tertiary/aromatic N) is 2. The van der Waals surface area contributed by atoms with Crippen LogP contribution >= 0.6 is 11.6 Å². The molecule has 1 unspecified atom stereocenters. The van der Waals surface area contributed by atoms with Crippen LogP contribution in [-0.2, 0) is 6.42 Å². The van der Waals surface area contributed by atoms with Crippen molar-refractivity contribution in [3.8, 4) is 0 Å². The summed E-state index contributed by atoms with van der Waals surface area (Å²) >= 11 is 5.96. The number of rotatable bonds is 5. The molecule has 0 radical (unpaired) electrons. The van der Waals surface area contributed by atoms with Crippen molar-refractivity contribution >= 4 is 17.4 Å². The van der Waals surface area contributed by atoms with Gasteiger partial charge in [-0.15, -0.1) is 11.6 Å². The van der Waals surface area contributed by atoms with E-state index in [1.807, 2.05) is 24.3 Å². The number of aromatic nitrogens is 2. The lowest BCUT2D eigenvalue weighted by Crippen LogP contribution is -2.24. The summed E-state index contributed by atoms with van der Waals surface area (Å²) in [7, 11) is 0. The van der Waals surface area contributed by atoms with Gasteiger partial charge in [0.15, 0.2) is 0 Å². The van der Waals surface area contributed by atoms with Crippen LogP contribution < -0.4 is 5.32 Å². The van der Waals surface area contributed by atoms with Crippen LogP contribution in [0.3, 0.4) is 0 Å². The van der Waals surface area contributed by atoms with E-state index in [1.54, 1.807) is 6.20 Å². The van der Waals surface area contributed by atoms with Gasteiger partial charge in [0.25, 0.3) is 0 Å². The van der Waals surface area contributed by atoms with E-state index in [4.69, 9.17) is 11.6 Å². The molecule has 2 aromatic rings. The number of anilines is 1. The van der Waals surface area contributed by atoms with E-state index >= 15 is 0 Å². The molecule has 0 fully saturated rings. The third-order valence-corrected chi connectivity index (χ3v) is 2.82. The van der Waals surface area contributed by atoms with Crippen LogP contribution in [0.1, 0.15) is 5.56 Å². The van der Waals surface area contributed by atoms with Crippen molar-refractivity contribution in [1.82, 2.24) is 9.97 Å². The molecule has 0 saturated carbocycles. The van der Waals surface area contributed by atoms with Crippen molar-refractivity contribution in [2.45, 2.75) is 12.5 Å². The van der Waals surface area contributed by atoms with Gasteiger partial charge in [0.2, 0.25) is 0 Å². The smallest absolute Gasteiger partial charge is 0.129 e. The Kier molecular flexibility index (Phi) is 4.33. The molecule has 2 rings (SSSR count). The van der Waals surface area contributed by atoms with Crippen molar-refractivity contribution in [3.05, 3.63) is 54.5 Å². The Morgan fingerprint density at radius 2 is 2.00 bits per heavy atom. The number of hydrogen-bond acceptors (Lipinski definition) is 3. The van der Waals surface area contributed by atoms with Gasteiger partial charge in [-0.1, -0.05) is 30.3 Å². The lowest BCUT2D eigenvalue weighted by Gasteiger charge is -2.16. The average Bonchev–Trinajstić information content (AvgIpc) is 2.40. The summed E-state index contributed by atoms with van der Waals surface area (Å²) in [5.41, 5.74) is 1.26. The number of alkyl halides is 1. The second-order valence-corrected chi connectivity index (χ2v) is 4.09. The summed E-state index contributed by atoms with van der Waals surface area (Å²) in [6.07, 6.45) is 4.12. The van der Waals surface area contributed by atoms with Gasteiger partial charge < -0.3 is 5.32 Å². The minimum absolute atomic E-state index is 0.175. The monoisotopic (exact) mass is 247 g/mol. The van der Waals surface area contributed by atoms with E-state index in [9.17, 15) is 0 Å². The zero-order chi connectivity index (χ0) is 11.9. The molecule has 0 spiro atoms. The fraction of sp³-hybridized carbons (Fsp3) is 0.231.